The van der Waals surface area contributed by atoms with Gasteiger partial charge in [-0.05, 0) is 59.0 Å². The van der Waals surface area contributed by atoms with E-state index in [4.69, 9.17) is 0 Å². The fourth-order valence-corrected chi connectivity index (χ4v) is 3.62. The Kier molecular flexibility index (Phi) is 3.61. The second-order valence-electron chi connectivity index (χ2n) is 6.68. The Morgan fingerprint density at radius 1 is 0.926 bits per heavy atom. The molecule has 0 unspecified atom stereocenters. The number of fused-ring (bicyclic) bond motifs is 3. The third-order valence-electron chi connectivity index (χ3n) is 4.97. The van der Waals surface area contributed by atoms with E-state index in [1.807, 2.05) is 53.2 Å². The third kappa shape index (κ3) is 2.81. The topological polar surface area (TPSA) is 46.9 Å². The van der Waals surface area contributed by atoms with Crippen LogP contribution in [-0.4, -0.2) is 15.5 Å². The van der Waals surface area contributed by atoms with Crippen LogP contribution in [0.15, 0.2) is 85.5 Å². The number of benzene rings is 3. The van der Waals surface area contributed by atoms with Gasteiger partial charge in [-0.2, -0.15) is 0 Å². The van der Waals surface area contributed by atoms with E-state index < -0.39 is 0 Å². The van der Waals surface area contributed by atoms with Crippen molar-refractivity contribution >= 4 is 11.6 Å². The molecule has 0 aliphatic heterocycles. The molecule has 0 spiro atoms. The van der Waals surface area contributed by atoms with E-state index in [1.54, 1.807) is 12.5 Å². The number of amides is 1. The first kappa shape index (κ1) is 15.6. The van der Waals surface area contributed by atoms with Crippen LogP contribution in [0.25, 0.3) is 16.8 Å². The van der Waals surface area contributed by atoms with Crippen molar-refractivity contribution in [3.05, 3.63) is 102 Å². The standard InChI is InChI=1S/C23H17N3O/c27-23(25-19-5-3-6-20(14-19)26-11-10-24-15-26)18-9-8-17-12-16-4-1-2-7-21(16)22(17)13-18/h1-11,13-15H,12H2,(H,25,27). The smallest absolute Gasteiger partial charge is 0.255 e. The summed E-state index contributed by atoms with van der Waals surface area (Å²) in [7, 11) is 0. The molecule has 130 valence electrons. The zero-order valence-corrected chi connectivity index (χ0v) is 14.6. The summed E-state index contributed by atoms with van der Waals surface area (Å²) in [6.07, 6.45) is 6.27. The maximum atomic E-state index is 12.8. The van der Waals surface area contributed by atoms with Crippen LogP contribution in [0.1, 0.15) is 21.5 Å². The molecule has 27 heavy (non-hydrogen) atoms. The van der Waals surface area contributed by atoms with E-state index >= 15 is 0 Å². The van der Waals surface area contributed by atoms with Gasteiger partial charge in [0.25, 0.3) is 5.91 Å². The van der Waals surface area contributed by atoms with E-state index in [0.717, 1.165) is 23.4 Å². The zero-order valence-electron chi connectivity index (χ0n) is 14.6. The molecule has 1 aromatic heterocycles. The molecule has 1 amide bonds. The summed E-state index contributed by atoms with van der Waals surface area (Å²) in [4.78, 5) is 16.9. The summed E-state index contributed by atoms with van der Waals surface area (Å²) in [5.41, 5.74) is 7.35. The number of imidazole rings is 1. The maximum absolute atomic E-state index is 12.8. The number of carbonyl (C=O) groups is 1. The van der Waals surface area contributed by atoms with Crippen molar-refractivity contribution < 1.29 is 4.79 Å². The Morgan fingerprint density at radius 2 is 1.81 bits per heavy atom. The second kappa shape index (κ2) is 6.25. The highest BCUT2D eigenvalue weighted by Gasteiger charge is 2.19. The normalized spacial score (nSPS) is 11.7. The van der Waals surface area contributed by atoms with Gasteiger partial charge in [0.05, 0.1) is 6.33 Å². The summed E-state index contributed by atoms with van der Waals surface area (Å²) < 4.78 is 1.90. The highest BCUT2D eigenvalue weighted by molar-refractivity contribution is 6.05. The molecule has 4 aromatic rings. The first-order chi connectivity index (χ1) is 13.3. The molecule has 1 aliphatic carbocycles. The number of carbonyl (C=O) groups excluding carboxylic acids is 1. The molecule has 3 aromatic carbocycles. The van der Waals surface area contributed by atoms with Crippen LogP contribution in [0.2, 0.25) is 0 Å². The van der Waals surface area contributed by atoms with Crippen molar-refractivity contribution in [3.63, 3.8) is 0 Å². The third-order valence-corrected chi connectivity index (χ3v) is 4.97. The van der Waals surface area contributed by atoms with Crippen LogP contribution in [0, 0.1) is 0 Å². The van der Waals surface area contributed by atoms with Crippen molar-refractivity contribution in [2.75, 3.05) is 5.32 Å². The molecule has 5 rings (SSSR count). The number of nitrogens with one attached hydrogen (secondary N) is 1. The quantitative estimate of drug-likeness (QED) is 0.512. The van der Waals surface area contributed by atoms with Crippen LogP contribution in [0.5, 0.6) is 0 Å². The summed E-state index contributed by atoms with van der Waals surface area (Å²) in [5.74, 6) is -0.107. The Morgan fingerprint density at radius 3 is 2.70 bits per heavy atom. The Balaban J connectivity index is 1.43. The monoisotopic (exact) mass is 351 g/mol. The molecule has 1 N–H and O–H groups in total. The molecule has 0 atom stereocenters. The van der Waals surface area contributed by atoms with E-state index in [2.05, 4.69) is 34.6 Å². The lowest BCUT2D eigenvalue weighted by molar-refractivity contribution is 0.102. The lowest BCUT2D eigenvalue weighted by Gasteiger charge is -2.09. The number of anilines is 1. The fraction of sp³-hybridized carbons (Fsp3) is 0.0435. The molecule has 0 fully saturated rings. The highest BCUT2D eigenvalue weighted by atomic mass is 16.1. The number of hydrogen-bond donors (Lipinski definition) is 1. The Bertz CT molecular complexity index is 1150. The number of hydrogen-bond acceptors (Lipinski definition) is 2. The number of aromatic nitrogens is 2. The summed E-state index contributed by atoms with van der Waals surface area (Å²) >= 11 is 0. The number of rotatable bonds is 3. The van der Waals surface area contributed by atoms with Gasteiger partial charge in [-0.15, -0.1) is 0 Å². The van der Waals surface area contributed by atoms with Crippen LogP contribution >= 0.6 is 0 Å². The summed E-state index contributed by atoms with van der Waals surface area (Å²) in [5, 5.41) is 3.00. The van der Waals surface area contributed by atoms with Crippen LogP contribution in [0.4, 0.5) is 5.69 Å². The first-order valence-corrected chi connectivity index (χ1v) is 8.89. The van der Waals surface area contributed by atoms with Gasteiger partial charge < -0.3 is 9.88 Å². The minimum Gasteiger partial charge on any atom is -0.322 e. The molecule has 4 nitrogen and oxygen atoms in total. The van der Waals surface area contributed by atoms with Gasteiger partial charge in [0.15, 0.2) is 0 Å². The molecular formula is C23H17N3O. The van der Waals surface area contributed by atoms with Gasteiger partial charge in [-0.25, -0.2) is 4.98 Å². The van der Waals surface area contributed by atoms with E-state index in [9.17, 15) is 4.79 Å². The van der Waals surface area contributed by atoms with Gasteiger partial charge in [0, 0.05) is 29.3 Å². The molecule has 1 aliphatic rings. The molecule has 0 saturated heterocycles. The van der Waals surface area contributed by atoms with Gasteiger partial charge in [0.1, 0.15) is 0 Å². The summed E-state index contributed by atoms with van der Waals surface area (Å²) in [6, 6.07) is 22.1. The minimum absolute atomic E-state index is 0.107. The van der Waals surface area contributed by atoms with E-state index in [1.165, 1.54) is 16.7 Å². The van der Waals surface area contributed by atoms with E-state index in [-0.39, 0.29) is 5.91 Å². The van der Waals surface area contributed by atoms with Crippen molar-refractivity contribution in [1.29, 1.82) is 0 Å². The molecule has 0 bridgehead atoms. The lowest BCUT2D eigenvalue weighted by atomic mass is 10.0. The van der Waals surface area contributed by atoms with Crippen molar-refractivity contribution in [2.45, 2.75) is 6.42 Å². The Hall–Kier alpha value is -3.66. The predicted molar refractivity (Wildman–Crippen MR) is 106 cm³/mol. The average molecular weight is 351 g/mol. The van der Waals surface area contributed by atoms with Crippen LogP contribution in [-0.2, 0) is 6.42 Å². The van der Waals surface area contributed by atoms with Crippen LogP contribution < -0.4 is 5.32 Å². The Labute approximate surface area is 157 Å². The summed E-state index contributed by atoms with van der Waals surface area (Å²) in [6.45, 7) is 0. The fourth-order valence-electron chi connectivity index (χ4n) is 3.62. The van der Waals surface area contributed by atoms with Gasteiger partial charge in [0.2, 0.25) is 0 Å². The van der Waals surface area contributed by atoms with Crippen LogP contribution in [0.3, 0.4) is 0 Å². The SMILES string of the molecule is O=C(Nc1cccc(-n2ccnc2)c1)c1ccc2c(c1)-c1ccccc1C2. The molecule has 0 radical (unpaired) electrons. The molecular weight excluding hydrogens is 334 g/mol. The zero-order chi connectivity index (χ0) is 18.2. The maximum Gasteiger partial charge on any atom is 0.255 e. The molecule has 4 heteroatoms. The van der Waals surface area contributed by atoms with E-state index in [0.29, 0.717) is 5.56 Å². The first-order valence-electron chi connectivity index (χ1n) is 8.89. The van der Waals surface area contributed by atoms with Gasteiger partial charge in [-0.3, -0.25) is 4.79 Å². The highest BCUT2D eigenvalue weighted by Crippen LogP contribution is 2.36. The van der Waals surface area contributed by atoms with Gasteiger partial charge >= 0.3 is 0 Å². The average Bonchev–Trinajstić information content (AvgIpc) is 3.36. The van der Waals surface area contributed by atoms with Crippen molar-refractivity contribution in [2.24, 2.45) is 0 Å². The molecule has 0 saturated carbocycles. The van der Waals surface area contributed by atoms with Gasteiger partial charge in [-0.1, -0.05) is 36.4 Å². The molecule has 1 heterocycles. The van der Waals surface area contributed by atoms with Crippen molar-refractivity contribution in [1.82, 2.24) is 9.55 Å². The van der Waals surface area contributed by atoms with Crippen molar-refractivity contribution in [3.8, 4) is 16.8 Å². The largest absolute Gasteiger partial charge is 0.322 e. The predicted octanol–water partition coefficient (Wildman–Crippen LogP) is 4.70. The second-order valence-corrected chi connectivity index (χ2v) is 6.68. The number of nitrogens with zero attached hydrogens (tertiary/aromatic N) is 2. The lowest BCUT2D eigenvalue weighted by Crippen LogP contribution is -2.12. The minimum atomic E-state index is -0.107.